The average Bonchev–Trinajstić information content (AvgIpc) is 3.18. The van der Waals surface area contributed by atoms with Crippen LogP contribution in [0, 0.1) is 5.92 Å². The van der Waals surface area contributed by atoms with E-state index in [0.717, 1.165) is 30.6 Å². The molecule has 4 rings (SSSR count). The molecule has 1 aliphatic carbocycles. The van der Waals surface area contributed by atoms with Crippen molar-refractivity contribution in [2.45, 2.75) is 50.1 Å². The molecule has 3 aliphatic rings. The molecule has 124 valence electrons. The van der Waals surface area contributed by atoms with Gasteiger partial charge in [-0.05, 0) is 30.9 Å². The van der Waals surface area contributed by atoms with E-state index < -0.39 is 6.10 Å². The van der Waals surface area contributed by atoms with Crippen molar-refractivity contribution in [1.82, 2.24) is 16.2 Å². The van der Waals surface area contributed by atoms with Gasteiger partial charge >= 0.3 is 0 Å². The Kier molecular flexibility index (Phi) is 3.97. The molecule has 0 radical (unpaired) electrons. The van der Waals surface area contributed by atoms with Gasteiger partial charge < -0.3 is 14.8 Å². The number of benzene rings is 1. The van der Waals surface area contributed by atoms with Crippen molar-refractivity contribution in [1.29, 1.82) is 0 Å². The Labute approximate surface area is 135 Å². The molecular formula is C17H23N3O3. The van der Waals surface area contributed by atoms with Gasteiger partial charge in [-0.2, -0.15) is 0 Å². The molecule has 1 saturated carbocycles. The van der Waals surface area contributed by atoms with Crippen LogP contribution in [0.5, 0.6) is 5.75 Å². The van der Waals surface area contributed by atoms with Crippen molar-refractivity contribution in [2.75, 3.05) is 7.11 Å². The van der Waals surface area contributed by atoms with Gasteiger partial charge in [0, 0.05) is 25.5 Å². The molecule has 6 nitrogen and oxygen atoms in total. The maximum Gasteiger partial charge on any atom is 0.262 e. The fraction of sp³-hybridized carbons (Fsp3) is 0.588. The number of methoxy groups -OCH3 is 1. The van der Waals surface area contributed by atoms with Crippen molar-refractivity contribution in [2.24, 2.45) is 5.92 Å². The normalized spacial score (nSPS) is 35.3. The number of hydrogen-bond donors (Lipinski definition) is 3. The standard InChI is InChI=1S/C17H23N3O3/c1-22-11-6-7-13-12(9-11)16(20-19-13)18-17(21)15-8-10-4-2-3-5-14(10)23-15/h2-5,11-13,15-16,19-20H,6-9H2,1H3,(H,18,21). The largest absolute Gasteiger partial charge is 0.480 e. The summed E-state index contributed by atoms with van der Waals surface area (Å²) in [5.41, 5.74) is 7.63. The van der Waals surface area contributed by atoms with Crippen molar-refractivity contribution < 1.29 is 14.3 Å². The second-order valence-electron chi connectivity index (χ2n) is 6.63. The number of fused-ring (bicyclic) bond motifs is 2. The number of carbonyl (C=O) groups excluding carboxylic acids is 1. The molecule has 1 aromatic rings. The first kappa shape index (κ1) is 14.9. The first-order valence-corrected chi connectivity index (χ1v) is 8.33. The molecule has 23 heavy (non-hydrogen) atoms. The zero-order valence-corrected chi connectivity index (χ0v) is 13.2. The quantitative estimate of drug-likeness (QED) is 0.766. The van der Waals surface area contributed by atoms with E-state index in [1.54, 1.807) is 7.11 Å². The van der Waals surface area contributed by atoms with Crippen molar-refractivity contribution in [3.8, 4) is 5.75 Å². The summed E-state index contributed by atoms with van der Waals surface area (Å²) in [6, 6.07) is 8.23. The summed E-state index contributed by atoms with van der Waals surface area (Å²) in [5.74, 6) is 1.11. The van der Waals surface area contributed by atoms with Gasteiger partial charge in [0.05, 0.1) is 12.3 Å². The lowest BCUT2D eigenvalue weighted by Gasteiger charge is -2.32. The predicted molar refractivity (Wildman–Crippen MR) is 84.7 cm³/mol. The second-order valence-corrected chi connectivity index (χ2v) is 6.63. The molecule has 0 bridgehead atoms. The Morgan fingerprint density at radius 2 is 2.17 bits per heavy atom. The SMILES string of the molecule is COC1CCC2NNC(NC(=O)C3Cc4ccccc4O3)C2C1. The minimum atomic E-state index is -0.435. The van der Waals surface area contributed by atoms with Crippen LogP contribution < -0.4 is 20.9 Å². The maximum absolute atomic E-state index is 12.6. The molecule has 1 saturated heterocycles. The third kappa shape index (κ3) is 2.82. The topological polar surface area (TPSA) is 71.6 Å². The van der Waals surface area contributed by atoms with Crippen LogP contribution in [0.15, 0.2) is 24.3 Å². The van der Waals surface area contributed by atoms with Crippen LogP contribution >= 0.6 is 0 Å². The van der Waals surface area contributed by atoms with Crippen LogP contribution in [0.4, 0.5) is 0 Å². The first-order valence-electron chi connectivity index (χ1n) is 8.33. The summed E-state index contributed by atoms with van der Waals surface area (Å²) in [7, 11) is 1.76. The van der Waals surface area contributed by atoms with Gasteiger partial charge in [-0.25, -0.2) is 5.43 Å². The summed E-state index contributed by atoms with van der Waals surface area (Å²) >= 11 is 0. The molecule has 2 heterocycles. The number of carbonyl (C=O) groups is 1. The van der Waals surface area contributed by atoms with E-state index >= 15 is 0 Å². The van der Waals surface area contributed by atoms with E-state index in [2.05, 4.69) is 16.2 Å². The molecule has 2 fully saturated rings. The molecule has 3 N–H and O–H groups in total. The Hall–Kier alpha value is -1.63. The maximum atomic E-state index is 12.6. The highest BCUT2D eigenvalue weighted by Crippen LogP contribution is 2.32. The monoisotopic (exact) mass is 317 g/mol. The zero-order valence-electron chi connectivity index (χ0n) is 13.2. The summed E-state index contributed by atoms with van der Waals surface area (Å²) in [6.07, 6.45) is 3.49. The summed E-state index contributed by atoms with van der Waals surface area (Å²) < 4.78 is 11.3. The van der Waals surface area contributed by atoms with Crippen LogP contribution in [-0.2, 0) is 16.0 Å². The first-order chi connectivity index (χ1) is 11.2. The van der Waals surface area contributed by atoms with Crippen molar-refractivity contribution in [3.05, 3.63) is 29.8 Å². The van der Waals surface area contributed by atoms with E-state index in [0.29, 0.717) is 18.4 Å². The lowest BCUT2D eigenvalue weighted by molar-refractivity contribution is -0.128. The Morgan fingerprint density at radius 1 is 1.30 bits per heavy atom. The summed E-state index contributed by atoms with van der Waals surface area (Å²) in [5, 5.41) is 3.11. The van der Waals surface area contributed by atoms with Crippen molar-refractivity contribution >= 4 is 5.91 Å². The number of para-hydroxylation sites is 1. The molecule has 2 aliphatic heterocycles. The van der Waals surface area contributed by atoms with Crippen LogP contribution in [0.3, 0.4) is 0 Å². The molecule has 5 atom stereocenters. The average molecular weight is 317 g/mol. The number of nitrogens with one attached hydrogen (secondary N) is 3. The number of amides is 1. The highest BCUT2D eigenvalue weighted by atomic mass is 16.5. The van der Waals surface area contributed by atoms with E-state index in [-0.39, 0.29) is 18.2 Å². The van der Waals surface area contributed by atoms with Crippen LogP contribution in [0.2, 0.25) is 0 Å². The Morgan fingerprint density at radius 3 is 3.00 bits per heavy atom. The number of rotatable bonds is 3. The lowest BCUT2D eigenvalue weighted by Crippen LogP contribution is -2.51. The van der Waals surface area contributed by atoms with E-state index in [1.807, 2.05) is 24.3 Å². The highest BCUT2D eigenvalue weighted by molar-refractivity contribution is 5.82. The third-order valence-electron chi connectivity index (χ3n) is 5.27. The minimum Gasteiger partial charge on any atom is -0.480 e. The lowest BCUT2D eigenvalue weighted by atomic mass is 9.82. The smallest absolute Gasteiger partial charge is 0.262 e. The Bertz CT molecular complexity index is 569. The van der Waals surface area contributed by atoms with Gasteiger partial charge in [-0.1, -0.05) is 18.2 Å². The Balaban J connectivity index is 1.38. The van der Waals surface area contributed by atoms with Gasteiger partial charge in [0.15, 0.2) is 6.10 Å². The second kappa shape index (κ2) is 6.11. The minimum absolute atomic E-state index is 0.0549. The molecule has 5 unspecified atom stereocenters. The van der Waals surface area contributed by atoms with E-state index in [1.165, 1.54) is 0 Å². The zero-order chi connectivity index (χ0) is 15.8. The summed E-state index contributed by atoms with van der Waals surface area (Å²) in [4.78, 5) is 12.6. The van der Waals surface area contributed by atoms with E-state index in [4.69, 9.17) is 9.47 Å². The van der Waals surface area contributed by atoms with Crippen LogP contribution in [0.1, 0.15) is 24.8 Å². The van der Waals surface area contributed by atoms with Gasteiger partial charge in [-0.3, -0.25) is 10.2 Å². The van der Waals surface area contributed by atoms with Gasteiger partial charge in [0.1, 0.15) is 5.75 Å². The molecule has 1 aromatic carbocycles. The molecule has 0 aromatic heterocycles. The van der Waals surface area contributed by atoms with Crippen LogP contribution in [0.25, 0.3) is 0 Å². The van der Waals surface area contributed by atoms with Gasteiger partial charge in [0.2, 0.25) is 0 Å². The summed E-state index contributed by atoms with van der Waals surface area (Å²) in [6.45, 7) is 0. The molecule has 0 spiro atoms. The van der Waals surface area contributed by atoms with Crippen LogP contribution in [-0.4, -0.2) is 37.4 Å². The predicted octanol–water partition coefficient (Wildman–Crippen LogP) is 0.724. The third-order valence-corrected chi connectivity index (χ3v) is 5.27. The number of hydrogen-bond acceptors (Lipinski definition) is 5. The molecule has 1 amide bonds. The molecule has 6 heteroatoms. The van der Waals surface area contributed by atoms with Gasteiger partial charge in [-0.15, -0.1) is 0 Å². The fourth-order valence-corrected chi connectivity index (χ4v) is 3.95. The number of hydrazine groups is 1. The fourth-order valence-electron chi connectivity index (χ4n) is 3.95. The van der Waals surface area contributed by atoms with Crippen molar-refractivity contribution in [3.63, 3.8) is 0 Å². The van der Waals surface area contributed by atoms with E-state index in [9.17, 15) is 4.79 Å². The van der Waals surface area contributed by atoms with Gasteiger partial charge in [0.25, 0.3) is 5.91 Å². The number of ether oxygens (including phenoxy) is 2. The highest BCUT2D eigenvalue weighted by Gasteiger charge is 2.42. The molecular weight excluding hydrogens is 294 g/mol.